The number of rotatable bonds is 5. The van der Waals surface area contributed by atoms with Crippen molar-refractivity contribution in [1.29, 1.82) is 0 Å². The molecule has 15 heavy (non-hydrogen) atoms. The quantitative estimate of drug-likeness (QED) is 0.639. The molecule has 6 heteroatoms. The molecule has 0 saturated heterocycles. The SMILES string of the molecule is CCC(CO)Nc1nc[nH]c(=O)c1OC. The fourth-order valence-corrected chi connectivity index (χ4v) is 1.15. The minimum absolute atomic E-state index is 0.0197. The molecule has 1 atom stereocenters. The smallest absolute Gasteiger partial charge is 0.295 e. The number of hydrogen-bond donors (Lipinski definition) is 3. The summed E-state index contributed by atoms with van der Waals surface area (Å²) in [5.74, 6) is 0.478. The van der Waals surface area contributed by atoms with E-state index >= 15 is 0 Å². The van der Waals surface area contributed by atoms with Crippen molar-refractivity contribution in [1.82, 2.24) is 9.97 Å². The molecule has 1 heterocycles. The normalized spacial score (nSPS) is 12.2. The van der Waals surface area contributed by atoms with Crippen LogP contribution in [0, 0.1) is 0 Å². The molecule has 0 aromatic carbocycles. The van der Waals surface area contributed by atoms with E-state index in [1.54, 1.807) is 0 Å². The number of aromatic amines is 1. The first-order chi connectivity index (χ1) is 7.22. The fraction of sp³-hybridized carbons (Fsp3) is 0.556. The molecule has 0 bridgehead atoms. The van der Waals surface area contributed by atoms with Gasteiger partial charge in [-0.2, -0.15) is 0 Å². The van der Waals surface area contributed by atoms with Crippen molar-refractivity contribution in [3.05, 3.63) is 16.7 Å². The summed E-state index contributed by atoms with van der Waals surface area (Å²) in [7, 11) is 1.40. The molecule has 0 amide bonds. The van der Waals surface area contributed by atoms with Gasteiger partial charge in [0.1, 0.15) is 0 Å². The Kier molecular flexibility index (Phi) is 4.11. The van der Waals surface area contributed by atoms with Gasteiger partial charge in [-0.15, -0.1) is 0 Å². The summed E-state index contributed by atoms with van der Waals surface area (Å²) in [6.07, 6.45) is 2.02. The van der Waals surface area contributed by atoms with Crippen LogP contribution in [0.1, 0.15) is 13.3 Å². The van der Waals surface area contributed by atoms with Crippen LogP contribution in [0.25, 0.3) is 0 Å². The molecule has 0 saturated carbocycles. The van der Waals surface area contributed by atoms with Crippen molar-refractivity contribution in [3.8, 4) is 5.75 Å². The second-order valence-electron chi connectivity index (χ2n) is 3.05. The zero-order valence-corrected chi connectivity index (χ0v) is 8.78. The van der Waals surface area contributed by atoms with Crippen LogP contribution in [0.4, 0.5) is 5.82 Å². The lowest BCUT2D eigenvalue weighted by Gasteiger charge is -2.15. The van der Waals surface area contributed by atoms with Crippen LogP contribution in [0.5, 0.6) is 5.75 Å². The number of hydrogen-bond acceptors (Lipinski definition) is 5. The Morgan fingerprint density at radius 2 is 2.47 bits per heavy atom. The highest BCUT2D eigenvalue weighted by atomic mass is 16.5. The predicted molar refractivity (Wildman–Crippen MR) is 56.2 cm³/mol. The van der Waals surface area contributed by atoms with Gasteiger partial charge in [-0.25, -0.2) is 4.98 Å². The summed E-state index contributed by atoms with van der Waals surface area (Å²) in [6, 6.07) is -0.131. The van der Waals surface area contributed by atoms with Crippen LogP contribution in [-0.2, 0) is 0 Å². The Morgan fingerprint density at radius 1 is 1.73 bits per heavy atom. The number of aliphatic hydroxyl groups is 1. The maximum Gasteiger partial charge on any atom is 0.295 e. The molecule has 1 aromatic heterocycles. The van der Waals surface area contributed by atoms with Crippen molar-refractivity contribution in [2.24, 2.45) is 0 Å². The fourth-order valence-electron chi connectivity index (χ4n) is 1.15. The minimum atomic E-state index is -0.345. The standard InChI is InChI=1S/C9H15N3O3/c1-3-6(4-13)12-8-7(15-2)9(14)11-5-10-8/h5-6,13H,3-4H2,1-2H3,(H2,10,11,12,14). The molecule has 0 aliphatic rings. The van der Waals surface area contributed by atoms with Crippen molar-refractivity contribution in [2.45, 2.75) is 19.4 Å². The number of aliphatic hydroxyl groups excluding tert-OH is 1. The first-order valence-corrected chi connectivity index (χ1v) is 4.72. The minimum Gasteiger partial charge on any atom is -0.489 e. The maximum absolute atomic E-state index is 11.3. The van der Waals surface area contributed by atoms with Crippen molar-refractivity contribution >= 4 is 5.82 Å². The molecule has 1 unspecified atom stereocenters. The van der Waals surface area contributed by atoms with Crippen LogP contribution in [0.15, 0.2) is 11.1 Å². The number of methoxy groups -OCH3 is 1. The third-order valence-corrected chi connectivity index (χ3v) is 2.07. The lowest BCUT2D eigenvalue weighted by atomic mass is 10.2. The van der Waals surface area contributed by atoms with E-state index in [0.29, 0.717) is 5.82 Å². The second-order valence-corrected chi connectivity index (χ2v) is 3.05. The van der Waals surface area contributed by atoms with Crippen molar-refractivity contribution < 1.29 is 9.84 Å². The molecule has 1 rings (SSSR count). The van der Waals surface area contributed by atoms with E-state index in [-0.39, 0.29) is 24.0 Å². The van der Waals surface area contributed by atoms with Gasteiger partial charge in [0.25, 0.3) is 5.56 Å². The van der Waals surface area contributed by atoms with Gasteiger partial charge in [0.2, 0.25) is 5.75 Å². The van der Waals surface area contributed by atoms with Gasteiger partial charge < -0.3 is 20.1 Å². The average molecular weight is 213 g/mol. The molecule has 84 valence electrons. The molecule has 0 fully saturated rings. The number of nitrogens with one attached hydrogen (secondary N) is 2. The Balaban J connectivity index is 2.93. The molecule has 6 nitrogen and oxygen atoms in total. The molecule has 3 N–H and O–H groups in total. The highest BCUT2D eigenvalue weighted by molar-refractivity contribution is 5.48. The van der Waals surface area contributed by atoms with Gasteiger partial charge in [0, 0.05) is 0 Å². The Labute approximate surface area is 87.3 Å². The van der Waals surface area contributed by atoms with Crippen LogP contribution in [0.2, 0.25) is 0 Å². The van der Waals surface area contributed by atoms with E-state index in [2.05, 4.69) is 15.3 Å². The predicted octanol–water partition coefficient (Wildman–Crippen LogP) is -0.0387. The molecule has 0 aliphatic heterocycles. The van der Waals surface area contributed by atoms with Crippen LogP contribution in [-0.4, -0.2) is 34.8 Å². The van der Waals surface area contributed by atoms with E-state index in [0.717, 1.165) is 6.42 Å². The van der Waals surface area contributed by atoms with Crippen LogP contribution >= 0.6 is 0 Å². The zero-order valence-electron chi connectivity index (χ0n) is 8.78. The molecular formula is C9H15N3O3. The van der Waals surface area contributed by atoms with Crippen LogP contribution < -0.4 is 15.6 Å². The number of H-pyrrole nitrogens is 1. The molecular weight excluding hydrogens is 198 g/mol. The van der Waals surface area contributed by atoms with Crippen molar-refractivity contribution in [2.75, 3.05) is 19.0 Å². The summed E-state index contributed by atoms with van der Waals surface area (Å²) >= 11 is 0. The Bertz CT molecular complexity index is 360. The number of aromatic nitrogens is 2. The lowest BCUT2D eigenvalue weighted by Crippen LogP contribution is -2.25. The summed E-state index contributed by atoms with van der Waals surface area (Å²) in [6.45, 7) is 1.90. The lowest BCUT2D eigenvalue weighted by molar-refractivity contribution is 0.271. The van der Waals surface area contributed by atoms with Gasteiger partial charge in [-0.05, 0) is 6.42 Å². The van der Waals surface area contributed by atoms with Crippen molar-refractivity contribution in [3.63, 3.8) is 0 Å². The van der Waals surface area contributed by atoms with E-state index in [1.807, 2.05) is 6.92 Å². The van der Waals surface area contributed by atoms with Gasteiger partial charge >= 0.3 is 0 Å². The summed E-state index contributed by atoms with van der Waals surface area (Å²) < 4.78 is 4.92. The third-order valence-electron chi connectivity index (χ3n) is 2.07. The van der Waals surface area contributed by atoms with E-state index in [9.17, 15) is 4.79 Å². The monoisotopic (exact) mass is 213 g/mol. The first kappa shape index (κ1) is 11.5. The topological polar surface area (TPSA) is 87.2 Å². The van der Waals surface area contributed by atoms with Gasteiger partial charge in [0.15, 0.2) is 5.82 Å². The summed E-state index contributed by atoms with van der Waals surface area (Å²) in [4.78, 5) is 17.7. The van der Waals surface area contributed by atoms with Gasteiger partial charge in [0.05, 0.1) is 26.1 Å². The van der Waals surface area contributed by atoms with Gasteiger partial charge in [-0.3, -0.25) is 4.79 Å². The number of anilines is 1. The highest BCUT2D eigenvalue weighted by Crippen LogP contribution is 2.15. The van der Waals surface area contributed by atoms with E-state index < -0.39 is 0 Å². The van der Waals surface area contributed by atoms with E-state index in [1.165, 1.54) is 13.4 Å². The Hall–Kier alpha value is -1.56. The van der Waals surface area contributed by atoms with E-state index in [4.69, 9.17) is 9.84 Å². The number of ether oxygens (including phenoxy) is 1. The molecule has 0 aliphatic carbocycles. The Morgan fingerprint density at radius 3 is 3.00 bits per heavy atom. The summed E-state index contributed by atoms with van der Waals surface area (Å²) in [5.41, 5.74) is -0.345. The molecule has 0 radical (unpaired) electrons. The molecule has 1 aromatic rings. The average Bonchev–Trinajstić information content (AvgIpc) is 2.26. The third kappa shape index (κ3) is 2.69. The highest BCUT2D eigenvalue weighted by Gasteiger charge is 2.12. The van der Waals surface area contributed by atoms with Crippen LogP contribution in [0.3, 0.4) is 0 Å². The first-order valence-electron chi connectivity index (χ1n) is 4.72. The zero-order chi connectivity index (χ0) is 11.3. The maximum atomic E-state index is 11.3. The van der Waals surface area contributed by atoms with Gasteiger partial charge in [-0.1, -0.05) is 6.92 Å². The largest absolute Gasteiger partial charge is 0.489 e. The number of nitrogens with zero attached hydrogens (tertiary/aromatic N) is 1. The summed E-state index contributed by atoms with van der Waals surface area (Å²) in [5, 5.41) is 11.9. The second kappa shape index (κ2) is 5.35. The molecule has 0 spiro atoms.